The van der Waals surface area contributed by atoms with Gasteiger partial charge in [-0.3, -0.25) is 14.5 Å². The summed E-state index contributed by atoms with van der Waals surface area (Å²) in [6.07, 6.45) is 1.73. The summed E-state index contributed by atoms with van der Waals surface area (Å²) in [6, 6.07) is 3.06. The maximum Gasteiger partial charge on any atom is 0.310 e. The molecule has 0 spiro atoms. The van der Waals surface area contributed by atoms with Crippen LogP contribution in [0, 0.1) is 12.8 Å². The van der Waals surface area contributed by atoms with E-state index in [2.05, 4.69) is 10.1 Å². The highest BCUT2D eigenvalue weighted by Crippen LogP contribution is 2.38. The molecule has 1 unspecified atom stereocenters. The molecule has 1 atom stereocenters. The maximum absolute atomic E-state index is 13.5. The molecule has 2 aliphatic heterocycles. The Morgan fingerprint density at radius 1 is 1.29 bits per heavy atom. The highest BCUT2D eigenvalue weighted by atomic mass is 32.2. The molecule has 2 aliphatic rings. The molecule has 3 heterocycles. The minimum Gasteiger partial charge on any atom is -0.482 e. The summed E-state index contributed by atoms with van der Waals surface area (Å²) in [7, 11) is -3.90. The molecule has 11 nitrogen and oxygen atoms in total. The fourth-order valence-electron chi connectivity index (χ4n) is 4.18. The summed E-state index contributed by atoms with van der Waals surface area (Å²) in [6.45, 7) is 5.76. The summed E-state index contributed by atoms with van der Waals surface area (Å²) >= 11 is 0. The molecule has 0 saturated carbocycles. The Hall–Kier alpha value is -2.99. The smallest absolute Gasteiger partial charge is 0.310 e. The molecule has 184 valence electrons. The van der Waals surface area contributed by atoms with Gasteiger partial charge in [-0.15, -0.1) is 0 Å². The van der Waals surface area contributed by atoms with Gasteiger partial charge in [0, 0.05) is 25.6 Å². The lowest BCUT2D eigenvalue weighted by Crippen LogP contribution is -2.43. The van der Waals surface area contributed by atoms with Crippen molar-refractivity contribution in [1.29, 1.82) is 0 Å². The van der Waals surface area contributed by atoms with Gasteiger partial charge in [0.15, 0.2) is 12.4 Å². The monoisotopic (exact) mass is 492 g/mol. The van der Waals surface area contributed by atoms with E-state index in [-0.39, 0.29) is 48.8 Å². The number of carbonyl (C=O) groups excluding carboxylic acids is 2. The third kappa shape index (κ3) is 4.64. The standard InChI is InChI=1S/C22H28N4O7S/c1-4-20-23-19(24-33-20)12-26-16-9-14(3)18(10-17(16)32-13-21(26)27)34(29,30)25-8-6-7-15(11-25)22(28)31-5-2/h9-10,15H,4-8,11-13H2,1-3H3. The lowest BCUT2D eigenvalue weighted by Gasteiger charge is -2.32. The zero-order valence-electron chi connectivity index (χ0n) is 19.4. The van der Waals surface area contributed by atoms with E-state index in [1.165, 1.54) is 15.3 Å². The fourth-order valence-corrected chi connectivity index (χ4v) is 5.92. The van der Waals surface area contributed by atoms with Gasteiger partial charge in [-0.25, -0.2) is 8.42 Å². The van der Waals surface area contributed by atoms with E-state index in [0.29, 0.717) is 48.8 Å². The second kappa shape index (κ2) is 9.71. The molecule has 1 fully saturated rings. The van der Waals surface area contributed by atoms with Crippen LogP contribution in [0.3, 0.4) is 0 Å². The number of sulfonamides is 1. The molecule has 4 rings (SSSR count). The first kappa shape index (κ1) is 24.1. The molecule has 0 bridgehead atoms. The van der Waals surface area contributed by atoms with Gasteiger partial charge in [0.1, 0.15) is 5.75 Å². The van der Waals surface area contributed by atoms with Crippen LogP contribution in [-0.2, 0) is 37.3 Å². The Labute approximate surface area is 198 Å². The highest BCUT2D eigenvalue weighted by Gasteiger charge is 2.36. The van der Waals surface area contributed by atoms with Gasteiger partial charge in [0.2, 0.25) is 15.9 Å². The van der Waals surface area contributed by atoms with Crippen molar-refractivity contribution in [3.63, 3.8) is 0 Å². The van der Waals surface area contributed by atoms with Crippen LogP contribution in [0.5, 0.6) is 5.75 Å². The largest absolute Gasteiger partial charge is 0.482 e. The van der Waals surface area contributed by atoms with Crippen LogP contribution >= 0.6 is 0 Å². The van der Waals surface area contributed by atoms with Gasteiger partial charge in [-0.05, 0) is 38.3 Å². The van der Waals surface area contributed by atoms with E-state index in [0.717, 1.165) is 0 Å². The van der Waals surface area contributed by atoms with E-state index >= 15 is 0 Å². The first-order valence-corrected chi connectivity index (χ1v) is 12.7. The topological polar surface area (TPSA) is 132 Å². The van der Waals surface area contributed by atoms with E-state index in [1.54, 1.807) is 19.9 Å². The van der Waals surface area contributed by atoms with Crippen molar-refractivity contribution in [1.82, 2.24) is 14.4 Å². The van der Waals surface area contributed by atoms with E-state index < -0.39 is 15.9 Å². The molecule has 1 saturated heterocycles. The van der Waals surface area contributed by atoms with Crippen molar-refractivity contribution in [3.8, 4) is 5.75 Å². The molecule has 12 heteroatoms. The summed E-state index contributed by atoms with van der Waals surface area (Å²) in [5.74, 6) is -0.0639. The number of esters is 1. The number of benzene rings is 1. The predicted octanol–water partition coefficient (Wildman–Crippen LogP) is 1.83. The first-order valence-electron chi connectivity index (χ1n) is 11.3. The number of carbonyl (C=O) groups is 2. The average molecular weight is 493 g/mol. The number of hydrogen-bond acceptors (Lipinski definition) is 9. The molecule has 0 aliphatic carbocycles. The average Bonchev–Trinajstić information content (AvgIpc) is 3.28. The van der Waals surface area contributed by atoms with Gasteiger partial charge in [-0.1, -0.05) is 12.1 Å². The zero-order chi connectivity index (χ0) is 24.5. The quantitative estimate of drug-likeness (QED) is 0.531. The number of anilines is 1. The van der Waals surface area contributed by atoms with Crippen LogP contribution in [0.4, 0.5) is 5.69 Å². The maximum atomic E-state index is 13.5. The van der Waals surface area contributed by atoms with Crippen LogP contribution < -0.4 is 9.64 Å². The number of aromatic nitrogens is 2. The Kier molecular flexibility index (Phi) is 6.89. The number of hydrogen-bond donors (Lipinski definition) is 0. The summed E-state index contributed by atoms with van der Waals surface area (Å²) in [5.41, 5.74) is 0.904. The summed E-state index contributed by atoms with van der Waals surface area (Å²) < 4.78 is 44.1. The van der Waals surface area contributed by atoms with Crippen molar-refractivity contribution in [3.05, 3.63) is 29.4 Å². The summed E-state index contributed by atoms with van der Waals surface area (Å²) in [4.78, 5) is 30.6. The van der Waals surface area contributed by atoms with Crippen molar-refractivity contribution in [2.45, 2.75) is 51.5 Å². The van der Waals surface area contributed by atoms with Gasteiger partial charge >= 0.3 is 5.97 Å². The van der Waals surface area contributed by atoms with Crippen molar-refractivity contribution in [2.24, 2.45) is 5.92 Å². The van der Waals surface area contributed by atoms with Crippen LogP contribution in [0.2, 0.25) is 0 Å². The minimum absolute atomic E-state index is 0.0702. The molecule has 0 radical (unpaired) electrons. The minimum atomic E-state index is -3.90. The Morgan fingerprint density at radius 2 is 2.09 bits per heavy atom. The summed E-state index contributed by atoms with van der Waals surface area (Å²) in [5, 5.41) is 3.90. The number of fused-ring (bicyclic) bond motifs is 1. The first-order chi connectivity index (χ1) is 16.2. The molecule has 1 amide bonds. The lowest BCUT2D eigenvalue weighted by molar-refractivity contribution is -0.149. The van der Waals surface area contributed by atoms with Gasteiger partial charge in [0.05, 0.1) is 29.7 Å². The number of piperidine rings is 1. The number of ether oxygens (including phenoxy) is 2. The van der Waals surface area contributed by atoms with Crippen LogP contribution in [0.1, 0.15) is 44.0 Å². The lowest BCUT2D eigenvalue weighted by atomic mass is 10.0. The molecule has 2 aromatic rings. The zero-order valence-corrected chi connectivity index (χ0v) is 20.3. The Balaban J connectivity index is 1.62. The number of nitrogens with zero attached hydrogens (tertiary/aromatic N) is 4. The van der Waals surface area contributed by atoms with Crippen LogP contribution in [-0.4, -0.2) is 61.0 Å². The van der Waals surface area contributed by atoms with Gasteiger partial charge in [-0.2, -0.15) is 9.29 Å². The number of amides is 1. The van der Waals surface area contributed by atoms with Crippen LogP contribution in [0.25, 0.3) is 0 Å². The second-order valence-electron chi connectivity index (χ2n) is 8.27. The van der Waals surface area contributed by atoms with Crippen molar-refractivity contribution in [2.75, 3.05) is 31.2 Å². The molecule has 1 aromatic carbocycles. The highest BCUT2D eigenvalue weighted by molar-refractivity contribution is 7.89. The predicted molar refractivity (Wildman–Crippen MR) is 120 cm³/mol. The Bertz CT molecular complexity index is 1190. The molecular weight excluding hydrogens is 464 g/mol. The van der Waals surface area contributed by atoms with Gasteiger partial charge in [0.25, 0.3) is 5.91 Å². The van der Waals surface area contributed by atoms with Crippen molar-refractivity contribution < 1.29 is 32.0 Å². The molecule has 34 heavy (non-hydrogen) atoms. The van der Waals surface area contributed by atoms with E-state index in [4.69, 9.17) is 14.0 Å². The third-order valence-corrected chi connectivity index (χ3v) is 7.94. The van der Waals surface area contributed by atoms with E-state index in [9.17, 15) is 18.0 Å². The molecule has 1 aromatic heterocycles. The third-order valence-electron chi connectivity index (χ3n) is 5.93. The van der Waals surface area contributed by atoms with E-state index in [1.807, 2.05) is 6.92 Å². The fraction of sp³-hybridized carbons (Fsp3) is 0.545. The Morgan fingerprint density at radius 3 is 2.79 bits per heavy atom. The molecular formula is C22H28N4O7S. The number of aryl methyl sites for hydroxylation is 2. The van der Waals surface area contributed by atoms with Crippen molar-refractivity contribution >= 4 is 27.6 Å². The number of rotatable bonds is 7. The normalized spacial score (nSPS) is 19.0. The SMILES string of the molecule is CCOC(=O)C1CCCN(S(=O)(=O)c2cc3c(cc2C)N(Cc2noc(CC)n2)C(=O)CO3)C1. The van der Waals surface area contributed by atoms with Gasteiger partial charge < -0.3 is 14.0 Å². The second-order valence-corrected chi connectivity index (χ2v) is 10.2. The van der Waals surface area contributed by atoms with Crippen LogP contribution in [0.15, 0.2) is 21.6 Å². The molecule has 0 N–H and O–H groups in total.